The van der Waals surface area contributed by atoms with Crippen LogP contribution >= 0.6 is 18.9 Å². The van der Waals surface area contributed by atoms with Gasteiger partial charge in [0.2, 0.25) is 35.4 Å². The standard InChI is InChI=1S/C66H79FN9O13PS/c1-9-88-90(86,89-10-2)65(85)44-22-24-48-45(29-44)30-50(72-48)60(80)73-49-25-21-40-13-11-15-43-31-52(76(57(40)43)63(49)83)62(82)71-46(23-26-54(68)78)34-87-53-28-36(3)27-42(56(53)67)14-12-16-55(79)74-59(66(6,7)8)64(84)75-33-47(77)32-51(75)61(81)70-37(4)39-17-19-41(20-18-39)58-38(5)69-35-91-58/h11,13,15,17-20,22,24,27-30,35,37,46-47,49,51-52,59,72,77H,9-10,12,14,16,21,23,25-26,31-34H2,1-8H3,(H2,68,78)(H,70,81)(H,71,82)(H,73,80)(H,74,79)/t37-,46-,47+,49-,51-,52-,59+/m0/s1. The summed E-state index contributed by atoms with van der Waals surface area (Å²) in [5.41, 5.74) is 12.1. The van der Waals surface area contributed by atoms with E-state index >= 15 is 4.39 Å². The molecular formula is C66H79FN9O13PS. The number of amides is 7. The number of primary amides is 1. The zero-order chi connectivity index (χ0) is 65.6. The number of fused-ring (bicyclic) bond motifs is 1. The smallest absolute Gasteiger partial charge is 0.401 e. The highest BCUT2D eigenvalue weighted by Gasteiger charge is 2.47. The zero-order valence-corrected chi connectivity index (χ0v) is 54.0. The number of aliphatic hydroxyl groups excluding tert-OH is 1. The van der Waals surface area contributed by atoms with Crippen molar-refractivity contribution in [2.45, 2.75) is 156 Å². The van der Waals surface area contributed by atoms with E-state index in [2.05, 4.69) is 31.2 Å². The Kier molecular flexibility index (Phi) is 21.1. The molecule has 4 aromatic carbocycles. The largest absolute Gasteiger partial charge is 0.488 e. The Labute approximate surface area is 531 Å². The number of anilines is 1. The number of nitrogens with two attached hydrogens (primary N) is 1. The van der Waals surface area contributed by atoms with Crippen LogP contribution in [0.5, 0.6) is 5.75 Å². The van der Waals surface area contributed by atoms with Gasteiger partial charge in [-0.2, -0.15) is 0 Å². The number of aromatic nitrogens is 2. The summed E-state index contributed by atoms with van der Waals surface area (Å²) < 4.78 is 46.3. The molecule has 6 aromatic rings. The highest BCUT2D eigenvalue weighted by atomic mass is 32.1. The van der Waals surface area contributed by atoms with Gasteiger partial charge in [0, 0.05) is 48.7 Å². The summed E-state index contributed by atoms with van der Waals surface area (Å²) in [5, 5.41) is 22.9. The van der Waals surface area contributed by atoms with E-state index in [-0.39, 0.29) is 100 Å². The molecule has 1 fully saturated rings. The molecule has 2 aromatic heterocycles. The number of ether oxygens (including phenoxy) is 1. The summed E-state index contributed by atoms with van der Waals surface area (Å²) in [4.78, 5) is 122. The van der Waals surface area contributed by atoms with E-state index in [1.807, 2.05) is 56.3 Å². The van der Waals surface area contributed by atoms with Crippen LogP contribution in [0.4, 0.5) is 10.1 Å². The average molecular weight is 1290 g/mol. The predicted octanol–water partition coefficient (Wildman–Crippen LogP) is 7.98. The number of aliphatic hydroxyl groups is 1. The van der Waals surface area contributed by atoms with E-state index in [9.17, 15) is 48.0 Å². The van der Waals surface area contributed by atoms with Gasteiger partial charge in [0.15, 0.2) is 11.6 Å². The van der Waals surface area contributed by atoms with Crippen molar-refractivity contribution in [2.75, 3.05) is 31.3 Å². The number of nitrogens with zero attached hydrogens (tertiary/aromatic N) is 3. The van der Waals surface area contributed by atoms with Gasteiger partial charge in [-0.15, -0.1) is 11.3 Å². The number of H-pyrrole nitrogens is 1. The lowest BCUT2D eigenvalue weighted by Crippen LogP contribution is -2.57. The monoisotopic (exact) mass is 1290 g/mol. The van der Waals surface area contributed by atoms with Crippen molar-refractivity contribution in [3.63, 3.8) is 0 Å². The van der Waals surface area contributed by atoms with Gasteiger partial charge in [-0.05, 0) is 136 Å². The van der Waals surface area contributed by atoms with Gasteiger partial charge in [-0.25, -0.2) is 9.37 Å². The number of thiazole rings is 1. The molecule has 0 aliphatic carbocycles. The first-order valence-corrected chi connectivity index (χ1v) is 33.1. The highest BCUT2D eigenvalue weighted by molar-refractivity contribution is 7.72. The Bertz CT molecular complexity index is 3800. The van der Waals surface area contributed by atoms with Crippen LogP contribution in [0.25, 0.3) is 21.3 Å². The van der Waals surface area contributed by atoms with E-state index in [1.54, 1.807) is 70.5 Å². The number of hydrogen-bond donors (Lipinski definition) is 7. The first kappa shape index (κ1) is 67.2. The summed E-state index contributed by atoms with van der Waals surface area (Å²) in [5.74, 6) is -4.70. The maximum atomic E-state index is 16.5. The number of likely N-dealkylation sites (tertiary alicyclic amines) is 1. The van der Waals surface area contributed by atoms with Crippen molar-refractivity contribution in [3.8, 4) is 16.2 Å². The summed E-state index contributed by atoms with van der Waals surface area (Å²) in [6.07, 6.45) is -0.246. The maximum absolute atomic E-state index is 16.5. The SMILES string of the molecule is CCOP(=O)(OCC)C(=O)c1ccc2[nH]c(C(=O)N[C@H]3CCc4cccc5c4N(C3=O)[C@H](C(=O)N[C@@H](CCC(N)=O)COc3cc(C)cc(CCCC(=O)N[C@H](C(=O)N4C[C@H](O)C[C@H]4C(=O)N[C@@H](C)c4ccc(-c6scnc6C)cc4)C(C)(C)C)c3F)C5)cc2c1. The van der Waals surface area contributed by atoms with Crippen molar-refractivity contribution >= 4 is 82.4 Å². The van der Waals surface area contributed by atoms with Crippen LogP contribution in [0.3, 0.4) is 0 Å². The lowest BCUT2D eigenvalue weighted by Gasteiger charge is -2.35. The van der Waals surface area contributed by atoms with E-state index in [0.29, 0.717) is 28.6 Å². The Morgan fingerprint density at radius 2 is 1.63 bits per heavy atom. The molecule has 22 nitrogen and oxygen atoms in total. The van der Waals surface area contributed by atoms with Crippen molar-refractivity contribution in [1.82, 2.24) is 36.1 Å². The molecule has 0 radical (unpaired) electrons. The molecule has 0 saturated carbocycles. The van der Waals surface area contributed by atoms with Crippen molar-refractivity contribution in [1.29, 1.82) is 0 Å². The molecule has 9 rings (SSSR count). The topological polar surface area (TPSA) is 311 Å². The van der Waals surface area contributed by atoms with Crippen LogP contribution in [0, 0.1) is 25.1 Å². The van der Waals surface area contributed by atoms with Gasteiger partial charge in [-0.1, -0.05) is 69.3 Å². The second kappa shape index (κ2) is 28.6. The minimum absolute atomic E-state index is 0.0000547. The van der Waals surface area contributed by atoms with Gasteiger partial charge in [-0.3, -0.25) is 47.8 Å². The number of nitrogens with one attached hydrogen (secondary N) is 5. The van der Waals surface area contributed by atoms with Crippen LogP contribution in [-0.4, -0.2) is 130 Å². The van der Waals surface area contributed by atoms with Gasteiger partial charge >= 0.3 is 7.60 Å². The minimum atomic E-state index is -4.13. The van der Waals surface area contributed by atoms with Crippen LogP contribution in [0.1, 0.15) is 140 Å². The molecule has 7 amide bonds. The summed E-state index contributed by atoms with van der Waals surface area (Å²) >= 11 is 1.54. The number of aromatic amines is 1. The zero-order valence-electron chi connectivity index (χ0n) is 52.3. The lowest BCUT2D eigenvalue weighted by atomic mass is 9.85. The highest BCUT2D eigenvalue weighted by Crippen LogP contribution is 2.51. The third-order valence-corrected chi connectivity index (χ3v) is 19.6. The maximum Gasteiger partial charge on any atom is 0.401 e. The number of hydrogen-bond acceptors (Lipinski definition) is 15. The minimum Gasteiger partial charge on any atom is -0.488 e. The molecule has 91 heavy (non-hydrogen) atoms. The number of rotatable bonds is 26. The molecule has 3 aliphatic rings. The molecular weight excluding hydrogens is 1210 g/mol. The lowest BCUT2D eigenvalue weighted by molar-refractivity contribution is -0.144. The van der Waals surface area contributed by atoms with E-state index in [1.165, 1.54) is 34.1 Å². The van der Waals surface area contributed by atoms with Gasteiger partial charge in [0.25, 0.3) is 11.4 Å². The van der Waals surface area contributed by atoms with Crippen molar-refractivity contribution in [2.24, 2.45) is 11.1 Å². The second-order valence-electron chi connectivity index (χ2n) is 24.5. The van der Waals surface area contributed by atoms with Crippen molar-refractivity contribution in [3.05, 3.63) is 135 Å². The fourth-order valence-electron chi connectivity index (χ4n) is 12.0. The first-order valence-electron chi connectivity index (χ1n) is 30.7. The van der Waals surface area contributed by atoms with E-state index in [0.717, 1.165) is 32.8 Å². The molecule has 8 N–H and O–H groups in total. The van der Waals surface area contributed by atoms with Crippen LogP contribution < -0.4 is 36.6 Å². The van der Waals surface area contributed by atoms with Gasteiger partial charge in [0.1, 0.15) is 36.5 Å². The number of aryl methyl sites for hydroxylation is 4. The van der Waals surface area contributed by atoms with Crippen molar-refractivity contribution < 1.29 is 66.2 Å². The second-order valence-corrected chi connectivity index (χ2v) is 27.3. The molecule has 484 valence electrons. The third kappa shape index (κ3) is 15.4. The third-order valence-electron chi connectivity index (χ3n) is 16.7. The molecule has 1 saturated heterocycles. The number of para-hydroxylation sites is 1. The first-order chi connectivity index (χ1) is 43.3. The van der Waals surface area contributed by atoms with Crippen LogP contribution in [0.2, 0.25) is 0 Å². The number of halogens is 1. The Balaban J connectivity index is 0.815. The summed E-state index contributed by atoms with van der Waals surface area (Å²) in [7, 11) is -4.13. The quantitative estimate of drug-likeness (QED) is 0.0253. The van der Waals surface area contributed by atoms with E-state index < -0.39 is 108 Å². The number of carbonyl (C=O) groups is 8. The Morgan fingerprint density at radius 3 is 2.31 bits per heavy atom. The normalized spacial score (nSPS) is 18.2. The Morgan fingerprint density at radius 1 is 0.912 bits per heavy atom. The van der Waals surface area contributed by atoms with Gasteiger partial charge < -0.3 is 55.8 Å². The average Bonchev–Trinajstić information content (AvgIpc) is 1.62. The van der Waals surface area contributed by atoms with Crippen LogP contribution in [0.15, 0.2) is 84.4 Å². The van der Waals surface area contributed by atoms with Crippen LogP contribution in [-0.2, 0) is 61.6 Å². The predicted molar refractivity (Wildman–Crippen MR) is 341 cm³/mol. The number of β-amino-alcohol motifs (C(OH)–C–C–N with tert-alkyl or cyclic N) is 1. The molecule has 0 bridgehead atoms. The molecule has 25 heteroatoms. The fraction of sp³-hybridized carbons (Fsp3) is 0.439. The Hall–Kier alpha value is -8.15. The molecule has 0 unspecified atom stereocenters. The fourth-order valence-corrected chi connectivity index (χ4v) is 14.3. The molecule has 5 heterocycles. The van der Waals surface area contributed by atoms with E-state index in [4.69, 9.17) is 19.5 Å². The summed E-state index contributed by atoms with van der Waals surface area (Å²) in [6, 6.07) is 16.8. The van der Waals surface area contributed by atoms with Gasteiger partial charge in [0.05, 0.1) is 53.2 Å². The molecule has 3 aliphatic heterocycles. The summed E-state index contributed by atoms with van der Waals surface area (Å²) in [6.45, 7) is 13.6. The molecule has 0 spiro atoms. The molecule has 7 atom stereocenters. The number of carbonyl (C=O) groups excluding carboxylic acids is 8. The number of benzene rings is 4.